The van der Waals surface area contributed by atoms with Gasteiger partial charge in [0.05, 0.1) is 18.8 Å². The number of aliphatic hydroxyl groups excluding tert-OH is 1. The summed E-state index contributed by atoms with van der Waals surface area (Å²) in [5, 5.41) is 14.3. The third-order valence-electron chi connectivity index (χ3n) is 3.89. The Hall–Kier alpha value is -1.59. The second kappa shape index (κ2) is 8.76. The zero-order chi connectivity index (χ0) is 15.8. The molecule has 0 heterocycles. The summed E-state index contributed by atoms with van der Waals surface area (Å²) in [7, 11) is 0. The molecule has 0 fully saturated rings. The van der Waals surface area contributed by atoms with Crippen molar-refractivity contribution in [1.29, 1.82) is 0 Å². The van der Waals surface area contributed by atoms with Gasteiger partial charge in [0, 0.05) is 13.2 Å². The molecule has 0 unspecified atom stereocenters. The average Bonchev–Trinajstić information content (AvgIpc) is 2.54. The first-order valence-corrected chi connectivity index (χ1v) is 8.05. The molecule has 22 heavy (non-hydrogen) atoms. The van der Waals surface area contributed by atoms with Crippen LogP contribution in [-0.4, -0.2) is 36.9 Å². The highest BCUT2D eigenvalue weighted by Crippen LogP contribution is 2.32. The van der Waals surface area contributed by atoms with Crippen molar-refractivity contribution in [2.24, 2.45) is 0 Å². The van der Waals surface area contributed by atoms with E-state index in [1.807, 2.05) is 0 Å². The molecule has 0 saturated carbocycles. The predicted molar refractivity (Wildman–Crippen MR) is 85.8 cm³/mol. The maximum atomic E-state index is 11.5. The molecule has 2 rings (SSSR count). The van der Waals surface area contributed by atoms with Gasteiger partial charge in [-0.05, 0) is 43.7 Å². The summed E-state index contributed by atoms with van der Waals surface area (Å²) in [6, 6.07) is 8.01. The van der Waals surface area contributed by atoms with Crippen molar-refractivity contribution in [2.75, 3.05) is 19.8 Å². The van der Waals surface area contributed by atoms with Crippen LogP contribution in [-0.2, 0) is 11.2 Å². The van der Waals surface area contributed by atoms with Crippen molar-refractivity contribution in [3.05, 3.63) is 35.4 Å². The van der Waals surface area contributed by atoms with Gasteiger partial charge in [0.2, 0.25) is 0 Å². The number of hydrogen-bond donors (Lipinski definition) is 3. The largest absolute Gasteiger partial charge is 0.394 e. The Morgan fingerprint density at radius 1 is 1.45 bits per heavy atom. The highest BCUT2D eigenvalue weighted by atomic mass is 16.5. The van der Waals surface area contributed by atoms with E-state index >= 15 is 0 Å². The molecule has 0 aromatic heterocycles. The van der Waals surface area contributed by atoms with Crippen molar-refractivity contribution in [3.63, 3.8) is 0 Å². The van der Waals surface area contributed by atoms with Crippen LogP contribution in [0.4, 0.5) is 4.79 Å². The third-order valence-corrected chi connectivity index (χ3v) is 3.89. The lowest BCUT2D eigenvalue weighted by Crippen LogP contribution is -2.42. The van der Waals surface area contributed by atoms with Gasteiger partial charge in [-0.25, -0.2) is 4.79 Å². The van der Waals surface area contributed by atoms with Gasteiger partial charge >= 0.3 is 6.03 Å². The van der Waals surface area contributed by atoms with Crippen LogP contribution in [0.5, 0.6) is 0 Å². The maximum Gasteiger partial charge on any atom is 0.315 e. The molecule has 1 aromatic rings. The minimum absolute atomic E-state index is 0.0579. The van der Waals surface area contributed by atoms with E-state index in [0.717, 1.165) is 19.3 Å². The number of rotatable bonds is 7. The van der Waals surface area contributed by atoms with Crippen LogP contribution in [0.25, 0.3) is 0 Å². The van der Waals surface area contributed by atoms with Crippen molar-refractivity contribution in [3.8, 4) is 0 Å². The molecule has 1 aliphatic rings. The fourth-order valence-electron chi connectivity index (χ4n) is 2.70. The number of hydrogen-bond acceptors (Lipinski definition) is 3. The van der Waals surface area contributed by atoms with Gasteiger partial charge in [-0.15, -0.1) is 0 Å². The van der Waals surface area contributed by atoms with Gasteiger partial charge < -0.3 is 20.5 Å². The summed E-state index contributed by atoms with van der Waals surface area (Å²) in [5.41, 5.74) is 2.71. The Morgan fingerprint density at radius 3 is 3.09 bits per heavy atom. The molecule has 0 spiro atoms. The molecular weight excluding hydrogens is 280 g/mol. The summed E-state index contributed by atoms with van der Waals surface area (Å²) < 4.78 is 5.98. The highest BCUT2D eigenvalue weighted by Gasteiger charge is 2.19. The number of aryl methyl sites for hydroxylation is 1. The minimum Gasteiger partial charge on any atom is -0.394 e. The van der Waals surface area contributed by atoms with Crippen LogP contribution in [0, 0.1) is 0 Å². The third kappa shape index (κ3) is 5.00. The topological polar surface area (TPSA) is 70.6 Å². The molecule has 0 radical (unpaired) electrons. The number of amides is 2. The molecule has 5 heteroatoms. The standard InChI is InChI=1S/C17H26N2O3/c1-13(12-20)19-17(21)18-10-5-11-22-16-9-4-7-14-6-2-3-8-15(14)16/h2-3,6,8,13,16,20H,4-5,7,9-12H2,1H3,(H2,18,19,21)/t13-,16-/m1/s1. The predicted octanol–water partition coefficient (Wildman–Crippen LogP) is 2.15. The first kappa shape index (κ1) is 16.8. The lowest BCUT2D eigenvalue weighted by atomic mass is 9.89. The average molecular weight is 306 g/mol. The van der Waals surface area contributed by atoms with Crippen molar-refractivity contribution in [2.45, 2.75) is 44.8 Å². The molecule has 1 aliphatic carbocycles. The first-order valence-electron chi connectivity index (χ1n) is 8.05. The van der Waals surface area contributed by atoms with Crippen LogP contribution in [0.1, 0.15) is 43.4 Å². The molecule has 3 N–H and O–H groups in total. The lowest BCUT2D eigenvalue weighted by molar-refractivity contribution is 0.0396. The van der Waals surface area contributed by atoms with Gasteiger partial charge in [-0.1, -0.05) is 24.3 Å². The summed E-state index contributed by atoms with van der Waals surface area (Å²) in [5.74, 6) is 0. The Kier molecular flexibility index (Phi) is 6.68. The Balaban J connectivity index is 1.65. The van der Waals surface area contributed by atoms with E-state index in [9.17, 15) is 4.79 Å². The van der Waals surface area contributed by atoms with Crippen LogP contribution < -0.4 is 10.6 Å². The summed E-state index contributed by atoms with van der Waals surface area (Å²) in [6.07, 6.45) is 4.34. The van der Waals surface area contributed by atoms with Gasteiger partial charge in [-0.3, -0.25) is 0 Å². The molecule has 122 valence electrons. The van der Waals surface area contributed by atoms with Crippen molar-refractivity contribution in [1.82, 2.24) is 10.6 Å². The summed E-state index contributed by atoms with van der Waals surface area (Å²) in [4.78, 5) is 11.5. The number of carbonyl (C=O) groups is 1. The molecular formula is C17H26N2O3. The SMILES string of the molecule is C[C@H](CO)NC(=O)NCCCO[C@@H]1CCCc2ccccc21. The Morgan fingerprint density at radius 2 is 2.27 bits per heavy atom. The van der Waals surface area contributed by atoms with E-state index in [4.69, 9.17) is 9.84 Å². The number of aliphatic hydroxyl groups is 1. The van der Waals surface area contributed by atoms with Crippen LogP contribution >= 0.6 is 0 Å². The zero-order valence-corrected chi connectivity index (χ0v) is 13.2. The number of benzene rings is 1. The molecule has 0 aliphatic heterocycles. The Labute approximate surface area is 132 Å². The normalized spacial score (nSPS) is 18.4. The number of ether oxygens (including phenoxy) is 1. The van der Waals surface area contributed by atoms with E-state index in [2.05, 4.69) is 34.9 Å². The number of nitrogens with one attached hydrogen (secondary N) is 2. The molecule has 5 nitrogen and oxygen atoms in total. The van der Waals surface area contributed by atoms with Gasteiger partial charge in [0.1, 0.15) is 0 Å². The van der Waals surface area contributed by atoms with E-state index in [0.29, 0.717) is 13.2 Å². The van der Waals surface area contributed by atoms with Gasteiger partial charge in [0.25, 0.3) is 0 Å². The molecule has 2 amide bonds. The molecule has 1 aromatic carbocycles. The Bertz CT molecular complexity index is 479. The first-order chi connectivity index (χ1) is 10.7. The van der Waals surface area contributed by atoms with Crippen molar-refractivity contribution < 1.29 is 14.6 Å². The smallest absolute Gasteiger partial charge is 0.315 e. The fourth-order valence-corrected chi connectivity index (χ4v) is 2.70. The van der Waals surface area contributed by atoms with Gasteiger partial charge in [0.15, 0.2) is 0 Å². The zero-order valence-electron chi connectivity index (χ0n) is 13.2. The van der Waals surface area contributed by atoms with E-state index in [-0.39, 0.29) is 24.8 Å². The van der Waals surface area contributed by atoms with Gasteiger partial charge in [-0.2, -0.15) is 0 Å². The summed E-state index contributed by atoms with van der Waals surface area (Å²) in [6.45, 7) is 2.90. The van der Waals surface area contributed by atoms with E-state index < -0.39 is 0 Å². The summed E-state index contributed by atoms with van der Waals surface area (Å²) >= 11 is 0. The quantitative estimate of drug-likeness (QED) is 0.676. The fraction of sp³-hybridized carbons (Fsp3) is 0.588. The second-order valence-corrected chi connectivity index (χ2v) is 5.79. The van der Waals surface area contributed by atoms with Crippen LogP contribution in [0.15, 0.2) is 24.3 Å². The van der Waals surface area contributed by atoms with Crippen LogP contribution in [0.2, 0.25) is 0 Å². The monoisotopic (exact) mass is 306 g/mol. The molecule has 0 saturated heterocycles. The van der Waals surface area contributed by atoms with E-state index in [1.165, 1.54) is 17.5 Å². The van der Waals surface area contributed by atoms with E-state index in [1.54, 1.807) is 6.92 Å². The highest BCUT2D eigenvalue weighted by molar-refractivity contribution is 5.74. The number of fused-ring (bicyclic) bond motifs is 1. The number of urea groups is 1. The number of carbonyl (C=O) groups excluding carboxylic acids is 1. The lowest BCUT2D eigenvalue weighted by Gasteiger charge is -2.25. The maximum absolute atomic E-state index is 11.5. The molecule has 2 atom stereocenters. The minimum atomic E-state index is -0.246. The molecule has 0 bridgehead atoms. The van der Waals surface area contributed by atoms with Crippen molar-refractivity contribution >= 4 is 6.03 Å². The second-order valence-electron chi connectivity index (χ2n) is 5.79. The van der Waals surface area contributed by atoms with Crippen LogP contribution in [0.3, 0.4) is 0 Å².